The highest BCUT2D eigenvalue weighted by Crippen LogP contribution is 2.45. The van der Waals surface area contributed by atoms with Crippen LogP contribution in [0.3, 0.4) is 0 Å². The van der Waals surface area contributed by atoms with Gasteiger partial charge in [-0.25, -0.2) is 35.1 Å². The first kappa shape index (κ1) is 16.5. The van der Waals surface area contributed by atoms with Crippen LogP contribution in [0.2, 0.25) is 0 Å². The van der Waals surface area contributed by atoms with Crippen molar-refractivity contribution >= 4 is 5.57 Å². The molecule has 2 unspecified atom stereocenters. The molecule has 0 radical (unpaired) electrons. The van der Waals surface area contributed by atoms with Crippen molar-refractivity contribution in [2.75, 3.05) is 0 Å². The van der Waals surface area contributed by atoms with Gasteiger partial charge in [0.25, 0.3) is 0 Å². The van der Waals surface area contributed by atoms with E-state index in [1.807, 2.05) is 0 Å². The van der Waals surface area contributed by atoms with E-state index in [0.29, 0.717) is 0 Å². The normalized spacial score (nSPS) is 22.6. The van der Waals surface area contributed by atoms with Crippen LogP contribution in [0.5, 0.6) is 0 Å². The number of hydrogen-bond donors (Lipinski definition) is 0. The van der Waals surface area contributed by atoms with E-state index in [1.54, 1.807) is 0 Å². The topological polar surface area (TPSA) is 0 Å². The third kappa shape index (κ3) is 2.12. The molecule has 1 aromatic rings. The summed E-state index contributed by atoms with van der Waals surface area (Å²) in [6.07, 6.45) is -2.71. The maximum absolute atomic E-state index is 14.0. The minimum absolute atomic E-state index is 0.738. The van der Waals surface area contributed by atoms with Crippen LogP contribution >= 0.6 is 0 Å². The van der Waals surface area contributed by atoms with Gasteiger partial charge in [-0.2, -0.15) is 0 Å². The molecular formula is C14H8F8. The third-order valence-corrected chi connectivity index (χ3v) is 3.53. The van der Waals surface area contributed by atoms with E-state index in [4.69, 9.17) is 0 Å². The lowest BCUT2D eigenvalue weighted by Crippen LogP contribution is -2.23. The summed E-state index contributed by atoms with van der Waals surface area (Å²) in [6, 6.07) is 0. The van der Waals surface area contributed by atoms with Crippen molar-refractivity contribution in [1.29, 1.82) is 0 Å². The second-order valence-corrected chi connectivity index (χ2v) is 4.84. The van der Waals surface area contributed by atoms with Crippen LogP contribution < -0.4 is 0 Å². The predicted octanol–water partition coefficient (Wildman–Crippen LogP) is 5.37. The molecule has 1 aliphatic rings. The highest BCUT2D eigenvalue weighted by Gasteiger charge is 2.40. The fraction of sp³-hybridized carbons (Fsp3) is 0.286. The Kier molecular flexibility index (Phi) is 4.06. The van der Waals surface area contributed by atoms with Crippen molar-refractivity contribution in [1.82, 2.24) is 0 Å². The zero-order valence-corrected chi connectivity index (χ0v) is 11.2. The summed E-state index contributed by atoms with van der Waals surface area (Å²) in [5.74, 6) is -16.0. The zero-order valence-electron chi connectivity index (χ0n) is 11.2. The molecule has 0 bridgehead atoms. The number of benzene rings is 1. The molecule has 0 saturated heterocycles. The first-order chi connectivity index (χ1) is 10.1. The Labute approximate surface area is 119 Å². The van der Waals surface area contributed by atoms with Gasteiger partial charge < -0.3 is 0 Å². The molecule has 0 spiro atoms. The molecule has 0 aliphatic heterocycles. The maximum Gasteiger partial charge on any atom is 0.195 e. The Morgan fingerprint density at radius 2 is 1.27 bits per heavy atom. The van der Waals surface area contributed by atoms with Gasteiger partial charge in [-0.05, 0) is 6.92 Å². The predicted molar refractivity (Wildman–Crippen MR) is 62.3 cm³/mol. The van der Waals surface area contributed by atoms with Crippen LogP contribution in [-0.4, -0.2) is 6.17 Å². The molecule has 0 aromatic heterocycles. The van der Waals surface area contributed by atoms with Gasteiger partial charge in [0.15, 0.2) is 41.1 Å². The van der Waals surface area contributed by atoms with E-state index in [9.17, 15) is 35.1 Å². The summed E-state index contributed by atoms with van der Waals surface area (Å²) in [7, 11) is 0. The molecule has 22 heavy (non-hydrogen) atoms. The second-order valence-electron chi connectivity index (χ2n) is 4.84. The average molecular weight is 328 g/mol. The first-order valence-electron chi connectivity index (χ1n) is 6.03. The Morgan fingerprint density at radius 1 is 0.727 bits per heavy atom. The number of hydrogen-bond acceptors (Lipinski definition) is 0. The lowest BCUT2D eigenvalue weighted by atomic mass is 9.84. The maximum atomic E-state index is 14.0. The van der Waals surface area contributed by atoms with Crippen molar-refractivity contribution in [3.8, 4) is 0 Å². The van der Waals surface area contributed by atoms with Crippen molar-refractivity contribution in [2.24, 2.45) is 5.92 Å². The molecule has 0 nitrogen and oxygen atoms in total. The number of rotatable bonds is 1. The van der Waals surface area contributed by atoms with E-state index in [-0.39, 0.29) is 0 Å². The smallest absolute Gasteiger partial charge is 0.195 e. The lowest BCUT2D eigenvalue weighted by molar-refractivity contribution is 0.256. The summed E-state index contributed by atoms with van der Waals surface area (Å²) in [6.45, 7) is 1.57. The minimum Gasteiger partial charge on any atom is -0.239 e. The van der Waals surface area contributed by atoms with E-state index in [0.717, 1.165) is 13.8 Å². The monoisotopic (exact) mass is 328 g/mol. The molecule has 0 amide bonds. The van der Waals surface area contributed by atoms with Crippen molar-refractivity contribution in [3.63, 3.8) is 0 Å². The summed E-state index contributed by atoms with van der Waals surface area (Å²) in [4.78, 5) is 0. The van der Waals surface area contributed by atoms with Crippen LogP contribution in [0.4, 0.5) is 35.1 Å². The molecule has 2 atom stereocenters. The summed E-state index contributed by atoms with van der Waals surface area (Å²) in [5.41, 5.74) is -3.68. The van der Waals surface area contributed by atoms with Crippen molar-refractivity contribution in [2.45, 2.75) is 20.0 Å². The van der Waals surface area contributed by atoms with Crippen LogP contribution in [0, 0.1) is 36.1 Å². The van der Waals surface area contributed by atoms with E-state index in [1.165, 1.54) is 0 Å². The Bertz CT molecular complexity index is 687. The summed E-state index contributed by atoms with van der Waals surface area (Å²) >= 11 is 0. The van der Waals surface area contributed by atoms with Gasteiger partial charge in [-0.15, -0.1) is 0 Å². The van der Waals surface area contributed by atoms with Crippen molar-refractivity contribution in [3.05, 3.63) is 51.9 Å². The van der Waals surface area contributed by atoms with Gasteiger partial charge in [-0.1, -0.05) is 6.92 Å². The SMILES string of the molecule is Cc1c(F)c(F)c(F)c(C2=C(F)C(F)=C(F)C(F)C2C)c1F. The van der Waals surface area contributed by atoms with Gasteiger partial charge in [0.2, 0.25) is 0 Å². The highest BCUT2D eigenvalue weighted by atomic mass is 19.2. The average Bonchev–Trinajstić information content (AvgIpc) is 2.50. The number of halogens is 8. The fourth-order valence-electron chi connectivity index (χ4n) is 2.23. The summed E-state index contributed by atoms with van der Waals surface area (Å²) in [5, 5.41) is 0. The Balaban J connectivity index is 2.87. The molecule has 120 valence electrons. The van der Waals surface area contributed by atoms with Crippen LogP contribution in [0.15, 0.2) is 17.5 Å². The van der Waals surface area contributed by atoms with Crippen LogP contribution in [0.25, 0.3) is 5.57 Å². The molecule has 2 rings (SSSR count). The molecule has 0 fully saturated rings. The van der Waals surface area contributed by atoms with Gasteiger partial charge in [-0.3, -0.25) is 0 Å². The lowest BCUT2D eigenvalue weighted by Gasteiger charge is -2.25. The van der Waals surface area contributed by atoms with Gasteiger partial charge in [0, 0.05) is 17.1 Å². The minimum atomic E-state index is -2.71. The molecule has 1 aromatic carbocycles. The molecule has 1 aliphatic carbocycles. The summed E-state index contributed by atoms with van der Waals surface area (Å²) < 4.78 is 108. The fourth-order valence-corrected chi connectivity index (χ4v) is 2.23. The molecule has 8 heteroatoms. The molecule has 0 heterocycles. The third-order valence-electron chi connectivity index (χ3n) is 3.53. The van der Waals surface area contributed by atoms with E-state index in [2.05, 4.69) is 0 Å². The number of allylic oxidation sites excluding steroid dienone is 4. The van der Waals surface area contributed by atoms with Gasteiger partial charge >= 0.3 is 0 Å². The van der Waals surface area contributed by atoms with Crippen LogP contribution in [0.1, 0.15) is 18.1 Å². The second kappa shape index (κ2) is 5.40. The van der Waals surface area contributed by atoms with E-state index >= 15 is 0 Å². The van der Waals surface area contributed by atoms with Crippen LogP contribution in [-0.2, 0) is 0 Å². The Morgan fingerprint density at radius 3 is 1.82 bits per heavy atom. The number of alkyl halides is 1. The zero-order chi connectivity index (χ0) is 16.9. The van der Waals surface area contributed by atoms with Gasteiger partial charge in [0.05, 0.1) is 5.56 Å². The quantitative estimate of drug-likeness (QED) is 0.369. The Hall–Kier alpha value is -1.86. The van der Waals surface area contributed by atoms with Crippen molar-refractivity contribution < 1.29 is 35.1 Å². The first-order valence-corrected chi connectivity index (χ1v) is 6.03. The highest BCUT2D eigenvalue weighted by molar-refractivity contribution is 5.75. The molecule has 0 saturated carbocycles. The standard InChI is InChI=1S/C14H8F8/c1-3-5(10(18)14(22)13(21)8(3)16)6-7(15)4(2)9(17)12(20)11(6)19/h3,8H,1-2H3. The molecule has 0 N–H and O–H groups in total. The largest absolute Gasteiger partial charge is 0.239 e. The van der Waals surface area contributed by atoms with E-state index < -0.39 is 69.5 Å². The van der Waals surface area contributed by atoms with Gasteiger partial charge in [0.1, 0.15) is 5.82 Å². The molecular weight excluding hydrogens is 320 g/mol.